The number of anilines is 1. The van der Waals surface area contributed by atoms with Crippen molar-refractivity contribution in [3.8, 4) is 11.8 Å². The molecule has 2 fully saturated rings. The molecular formula is C20H26N6O6. The summed E-state index contributed by atoms with van der Waals surface area (Å²) in [5.41, 5.74) is 3.28. The number of hydrogen-bond acceptors (Lipinski definition) is 10. The van der Waals surface area contributed by atoms with Gasteiger partial charge in [-0.3, -0.25) is 14.2 Å². The normalized spacial score (nSPS) is 30.0. The molecule has 3 heterocycles. The van der Waals surface area contributed by atoms with Crippen LogP contribution < -0.4 is 5.48 Å². The third-order valence-corrected chi connectivity index (χ3v) is 5.77. The van der Waals surface area contributed by atoms with Gasteiger partial charge in [-0.15, -0.1) is 0 Å². The second kappa shape index (κ2) is 9.35. The minimum absolute atomic E-state index is 0.151. The Morgan fingerprint density at radius 2 is 2.06 bits per heavy atom. The van der Waals surface area contributed by atoms with Crippen LogP contribution in [0, 0.1) is 17.8 Å². The lowest BCUT2D eigenvalue weighted by Crippen LogP contribution is -2.41. The summed E-state index contributed by atoms with van der Waals surface area (Å²) in [6, 6.07) is 0. The molecule has 12 nitrogen and oxygen atoms in total. The van der Waals surface area contributed by atoms with E-state index >= 15 is 0 Å². The molecule has 2 aliphatic rings. The van der Waals surface area contributed by atoms with Gasteiger partial charge in [0.2, 0.25) is 12.2 Å². The Bertz CT molecular complexity index is 1030. The molecule has 2 unspecified atom stereocenters. The number of aliphatic hydroxyl groups is 3. The average Bonchev–Trinajstić information content (AvgIpc) is 3.34. The van der Waals surface area contributed by atoms with Gasteiger partial charge in [-0.2, -0.15) is 4.98 Å². The molecular weight excluding hydrogens is 420 g/mol. The molecule has 1 aliphatic heterocycles. The highest BCUT2D eigenvalue weighted by Gasteiger charge is 2.46. The van der Waals surface area contributed by atoms with Crippen molar-refractivity contribution in [2.24, 2.45) is 5.92 Å². The number of carbonyl (C=O) groups is 1. The third kappa shape index (κ3) is 4.13. The molecule has 2 aromatic rings. The Labute approximate surface area is 184 Å². The van der Waals surface area contributed by atoms with E-state index < -0.39 is 30.8 Å². The zero-order valence-electron chi connectivity index (χ0n) is 17.7. The standard InChI is InChI=1S/C20H26N6O6/c1-25(10-27)19-15(29)16(30)20(32-19)26-9-21-14-17(24-31-2)22-13(23-18(14)26)8-7-11-5-3-4-6-12(11)28/h9-12,15-16,19-20,28-30H,3-6H2,1-2H3,(H,22,23,24)/t11?,12?,15-,16+,19-,20+/m0/s1. The van der Waals surface area contributed by atoms with E-state index in [4.69, 9.17) is 9.57 Å². The minimum atomic E-state index is -1.33. The summed E-state index contributed by atoms with van der Waals surface area (Å²) < 4.78 is 7.19. The number of likely N-dealkylation sites (N-methyl/N-ethyl adjacent to an activating group) is 1. The molecule has 12 heteroatoms. The molecule has 1 saturated carbocycles. The number of rotatable bonds is 5. The maximum Gasteiger partial charge on any atom is 0.211 e. The second-order valence-electron chi connectivity index (χ2n) is 7.92. The lowest BCUT2D eigenvalue weighted by Gasteiger charge is -2.22. The largest absolute Gasteiger partial charge is 0.392 e. The molecule has 1 aliphatic carbocycles. The van der Waals surface area contributed by atoms with Crippen LogP contribution in [0.4, 0.5) is 5.82 Å². The number of aromatic nitrogens is 4. The predicted octanol–water partition coefficient (Wildman–Crippen LogP) is -0.633. The van der Waals surface area contributed by atoms with Crippen molar-refractivity contribution in [3.05, 3.63) is 12.2 Å². The van der Waals surface area contributed by atoms with Crippen LogP contribution >= 0.6 is 0 Å². The molecule has 0 radical (unpaired) electrons. The third-order valence-electron chi connectivity index (χ3n) is 5.77. The summed E-state index contributed by atoms with van der Waals surface area (Å²) >= 11 is 0. The van der Waals surface area contributed by atoms with Gasteiger partial charge in [-0.1, -0.05) is 18.8 Å². The zero-order chi connectivity index (χ0) is 22.8. The Morgan fingerprint density at radius 1 is 1.28 bits per heavy atom. The number of amides is 1. The number of aliphatic hydroxyl groups excluding tert-OH is 3. The molecule has 1 amide bonds. The smallest absolute Gasteiger partial charge is 0.211 e. The fraction of sp³-hybridized carbons (Fsp3) is 0.600. The molecule has 1 saturated heterocycles. The number of fused-ring (bicyclic) bond motifs is 1. The molecule has 0 aromatic carbocycles. The Balaban J connectivity index is 1.71. The van der Waals surface area contributed by atoms with Gasteiger partial charge in [0, 0.05) is 13.0 Å². The van der Waals surface area contributed by atoms with Gasteiger partial charge in [0.15, 0.2) is 29.4 Å². The number of ether oxygens (including phenoxy) is 1. The maximum absolute atomic E-state index is 11.1. The molecule has 2 aromatic heterocycles. The van der Waals surface area contributed by atoms with E-state index in [1.807, 2.05) is 0 Å². The predicted molar refractivity (Wildman–Crippen MR) is 111 cm³/mol. The van der Waals surface area contributed by atoms with Crippen LogP contribution in [0.1, 0.15) is 37.7 Å². The van der Waals surface area contributed by atoms with Gasteiger partial charge in [-0.05, 0) is 18.8 Å². The summed E-state index contributed by atoms with van der Waals surface area (Å²) in [6.07, 6.45) is 0.215. The fourth-order valence-electron chi connectivity index (χ4n) is 4.03. The Morgan fingerprint density at radius 3 is 2.78 bits per heavy atom. The van der Waals surface area contributed by atoms with E-state index in [2.05, 4.69) is 32.3 Å². The van der Waals surface area contributed by atoms with Gasteiger partial charge in [0.25, 0.3) is 0 Å². The van der Waals surface area contributed by atoms with Crippen molar-refractivity contribution in [3.63, 3.8) is 0 Å². The van der Waals surface area contributed by atoms with Crippen molar-refractivity contribution in [2.45, 2.75) is 56.5 Å². The number of imidazole rings is 1. The summed E-state index contributed by atoms with van der Waals surface area (Å²) in [5, 5.41) is 31.0. The minimum Gasteiger partial charge on any atom is -0.392 e. The first-order valence-electron chi connectivity index (χ1n) is 10.4. The first kappa shape index (κ1) is 22.4. The molecule has 172 valence electrons. The lowest BCUT2D eigenvalue weighted by molar-refractivity contribution is -0.138. The van der Waals surface area contributed by atoms with Crippen molar-refractivity contribution in [2.75, 3.05) is 19.6 Å². The van der Waals surface area contributed by atoms with Crippen molar-refractivity contribution in [1.82, 2.24) is 24.4 Å². The molecule has 6 atom stereocenters. The van der Waals surface area contributed by atoms with Crippen LogP contribution in [0.3, 0.4) is 0 Å². The summed E-state index contributed by atoms with van der Waals surface area (Å²) in [5.74, 6) is 6.27. The van der Waals surface area contributed by atoms with Crippen LogP contribution in [0.2, 0.25) is 0 Å². The first-order chi connectivity index (χ1) is 15.4. The summed E-state index contributed by atoms with van der Waals surface area (Å²) in [6.45, 7) is 0. The number of nitrogens with one attached hydrogen (secondary N) is 1. The van der Waals surface area contributed by atoms with Crippen LogP contribution in [-0.2, 0) is 14.4 Å². The van der Waals surface area contributed by atoms with Crippen LogP contribution in [0.5, 0.6) is 0 Å². The van der Waals surface area contributed by atoms with Crippen molar-refractivity contribution < 1.29 is 29.7 Å². The Hall–Kier alpha value is -2.82. The number of nitrogens with zero attached hydrogens (tertiary/aromatic N) is 5. The highest BCUT2D eigenvalue weighted by Crippen LogP contribution is 2.33. The van der Waals surface area contributed by atoms with E-state index in [1.165, 1.54) is 25.1 Å². The van der Waals surface area contributed by atoms with E-state index in [-0.39, 0.29) is 17.6 Å². The highest BCUT2D eigenvalue weighted by atomic mass is 16.6. The first-order valence-corrected chi connectivity index (χ1v) is 10.4. The molecule has 0 spiro atoms. The van der Waals surface area contributed by atoms with Crippen molar-refractivity contribution >= 4 is 23.4 Å². The molecule has 32 heavy (non-hydrogen) atoms. The fourth-order valence-corrected chi connectivity index (χ4v) is 4.03. The van der Waals surface area contributed by atoms with Gasteiger partial charge < -0.3 is 25.0 Å². The maximum atomic E-state index is 11.1. The van der Waals surface area contributed by atoms with Gasteiger partial charge in [0.1, 0.15) is 12.2 Å². The molecule has 4 rings (SSSR count). The second-order valence-corrected chi connectivity index (χ2v) is 7.92. The van der Waals surface area contributed by atoms with Crippen LogP contribution in [0.25, 0.3) is 11.2 Å². The zero-order valence-corrected chi connectivity index (χ0v) is 17.7. The lowest BCUT2D eigenvalue weighted by atomic mass is 9.87. The van der Waals surface area contributed by atoms with E-state index in [1.54, 1.807) is 0 Å². The SMILES string of the molecule is CONc1nc(C#CC2CCCCC2O)nc2c1ncn2[C@@H]1O[C@H](N(C)C=O)[C@@H](O)[C@H]1O. The van der Waals surface area contributed by atoms with Crippen LogP contribution in [0.15, 0.2) is 6.33 Å². The summed E-state index contributed by atoms with van der Waals surface area (Å²) in [4.78, 5) is 30.3. The van der Waals surface area contributed by atoms with Crippen molar-refractivity contribution in [1.29, 1.82) is 0 Å². The Kier molecular flexibility index (Phi) is 6.54. The number of carbonyl (C=O) groups excluding carboxylic acids is 1. The van der Waals surface area contributed by atoms with Gasteiger partial charge in [0.05, 0.1) is 19.5 Å². The highest BCUT2D eigenvalue weighted by molar-refractivity contribution is 5.83. The van der Waals surface area contributed by atoms with Crippen LogP contribution in [-0.4, -0.2) is 84.8 Å². The van der Waals surface area contributed by atoms with Gasteiger partial charge >= 0.3 is 0 Å². The quantitative estimate of drug-likeness (QED) is 0.265. The van der Waals surface area contributed by atoms with E-state index in [0.29, 0.717) is 17.6 Å². The average molecular weight is 446 g/mol. The monoisotopic (exact) mass is 446 g/mol. The van der Waals surface area contributed by atoms with Gasteiger partial charge in [-0.25, -0.2) is 15.4 Å². The summed E-state index contributed by atoms with van der Waals surface area (Å²) in [7, 11) is 2.87. The molecule has 4 N–H and O–H groups in total. The van der Waals surface area contributed by atoms with E-state index in [0.717, 1.165) is 30.6 Å². The topological polar surface area (TPSA) is 155 Å². The number of hydrogen-bond donors (Lipinski definition) is 4. The molecule has 0 bridgehead atoms. The van der Waals surface area contributed by atoms with E-state index in [9.17, 15) is 20.1 Å².